The summed E-state index contributed by atoms with van der Waals surface area (Å²) >= 11 is 1.32. The van der Waals surface area contributed by atoms with Crippen LogP contribution < -0.4 is 10.6 Å². The summed E-state index contributed by atoms with van der Waals surface area (Å²) in [5, 5.41) is 11.3. The summed E-state index contributed by atoms with van der Waals surface area (Å²) in [7, 11) is 0. The fraction of sp³-hybridized carbons (Fsp3) is 0.192. The number of aryl methyl sites for hydroxylation is 2. The zero-order chi connectivity index (χ0) is 24.5. The molecule has 2 N–H and O–H groups in total. The summed E-state index contributed by atoms with van der Waals surface area (Å²) < 4.78 is 21.4. The summed E-state index contributed by atoms with van der Waals surface area (Å²) in [5.74, 6) is 0.911. The highest BCUT2D eigenvalue weighted by Gasteiger charge is 2.36. The predicted octanol–water partition coefficient (Wildman–Crippen LogP) is 5.85. The second-order valence-corrected chi connectivity index (χ2v) is 9.34. The molecule has 0 bridgehead atoms. The van der Waals surface area contributed by atoms with Gasteiger partial charge in [-0.1, -0.05) is 47.7 Å². The number of thioether (sulfide) groups is 1. The van der Waals surface area contributed by atoms with Crippen LogP contribution in [-0.2, 0) is 10.5 Å². The van der Waals surface area contributed by atoms with Crippen LogP contribution in [-0.4, -0.2) is 20.7 Å². The molecule has 9 heteroatoms. The lowest BCUT2D eigenvalue weighted by molar-refractivity contribution is -0.113. The fourth-order valence-corrected chi connectivity index (χ4v) is 4.91. The van der Waals surface area contributed by atoms with Gasteiger partial charge in [-0.25, -0.2) is 9.07 Å². The molecular formula is C26H24FN5O2S. The zero-order valence-corrected chi connectivity index (χ0v) is 20.3. The second kappa shape index (κ2) is 9.42. The predicted molar refractivity (Wildman–Crippen MR) is 134 cm³/mol. The van der Waals surface area contributed by atoms with E-state index in [4.69, 9.17) is 4.42 Å². The number of fused-ring (bicyclic) bond motifs is 1. The van der Waals surface area contributed by atoms with Crippen molar-refractivity contribution in [2.24, 2.45) is 0 Å². The number of allylic oxidation sites excluding steroid dienone is 1. The van der Waals surface area contributed by atoms with Gasteiger partial charge >= 0.3 is 0 Å². The van der Waals surface area contributed by atoms with Gasteiger partial charge in [-0.05, 0) is 56.2 Å². The molecule has 0 saturated heterocycles. The first-order chi connectivity index (χ1) is 16.9. The number of halogens is 1. The molecular weight excluding hydrogens is 465 g/mol. The molecule has 0 fully saturated rings. The van der Waals surface area contributed by atoms with Gasteiger partial charge in [0.2, 0.25) is 11.1 Å². The van der Waals surface area contributed by atoms with E-state index < -0.39 is 6.04 Å². The standard InChI is InChI=1S/C26H24FN5O2S/c1-15-10-11-20(16(2)13-15)29-24(33)22-17(3)28-25-30-26(35-14-18-7-4-5-8-19(18)27)31-32(25)23(22)21-9-6-12-34-21/h4-13,23H,14H2,1-3H3,(H,29,33)(H,28,30,31). The Hall–Kier alpha value is -3.85. The first kappa shape index (κ1) is 22.9. The van der Waals surface area contributed by atoms with Gasteiger partial charge in [-0.15, -0.1) is 5.10 Å². The molecule has 2 aromatic heterocycles. The largest absolute Gasteiger partial charge is 0.467 e. The van der Waals surface area contributed by atoms with Crippen LogP contribution in [0.3, 0.4) is 0 Å². The number of anilines is 2. The molecule has 1 aliphatic rings. The lowest BCUT2D eigenvalue weighted by atomic mass is 9.99. The molecule has 35 heavy (non-hydrogen) atoms. The minimum atomic E-state index is -0.609. The lowest BCUT2D eigenvalue weighted by Gasteiger charge is -2.27. The minimum Gasteiger partial charge on any atom is -0.467 e. The number of benzene rings is 2. The highest BCUT2D eigenvalue weighted by atomic mass is 32.2. The van der Waals surface area contributed by atoms with E-state index in [-0.39, 0.29) is 11.7 Å². The topological polar surface area (TPSA) is 85.0 Å². The smallest absolute Gasteiger partial charge is 0.256 e. The molecule has 0 saturated carbocycles. The first-order valence-corrected chi connectivity index (χ1v) is 12.1. The van der Waals surface area contributed by atoms with Crippen LogP contribution in [0.1, 0.15) is 35.4 Å². The van der Waals surface area contributed by atoms with Crippen molar-refractivity contribution >= 4 is 29.3 Å². The molecule has 7 nitrogen and oxygen atoms in total. The van der Waals surface area contributed by atoms with E-state index in [0.29, 0.717) is 39.5 Å². The lowest BCUT2D eigenvalue weighted by Crippen LogP contribution is -2.31. The van der Waals surface area contributed by atoms with E-state index in [2.05, 4.69) is 20.7 Å². The summed E-state index contributed by atoms with van der Waals surface area (Å²) in [6, 6.07) is 15.5. The number of rotatable bonds is 6. The molecule has 3 heterocycles. The third-order valence-corrected chi connectivity index (χ3v) is 6.72. The maximum absolute atomic E-state index is 14.1. The third kappa shape index (κ3) is 4.59. The van der Waals surface area contributed by atoms with Gasteiger partial charge < -0.3 is 15.1 Å². The molecule has 178 valence electrons. The fourth-order valence-electron chi connectivity index (χ4n) is 4.10. The molecule has 0 radical (unpaired) electrons. The molecule has 1 amide bonds. The van der Waals surface area contributed by atoms with Crippen molar-refractivity contribution in [3.63, 3.8) is 0 Å². The van der Waals surface area contributed by atoms with Crippen molar-refractivity contribution in [3.05, 3.63) is 100 Å². The Kier molecular flexibility index (Phi) is 6.17. The first-order valence-electron chi connectivity index (χ1n) is 11.1. The highest BCUT2D eigenvalue weighted by Crippen LogP contribution is 2.37. The number of carbonyl (C=O) groups excluding carboxylic acids is 1. The van der Waals surface area contributed by atoms with E-state index in [0.717, 1.165) is 16.8 Å². The van der Waals surface area contributed by atoms with Gasteiger partial charge in [0.15, 0.2) is 0 Å². The van der Waals surface area contributed by atoms with Crippen molar-refractivity contribution in [1.82, 2.24) is 14.8 Å². The number of carbonyl (C=O) groups is 1. The summed E-state index contributed by atoms with van der Waals surface area (Å²) in [4.78, 5) is 18.1. The molecule has 5 rings (SSSR count). The summed E-state index contributed by atoms with van der Waals surface area (Å²) in [6.07, 6.45) is 1.57. The molecule has 4 aromatic rings. The number of hydrogen-bond donors (Lipinski definition) is 2. The van der Waals surface area contributed by atoms with E-state index >= 15 is 0 Å². The number of nitrogens with zero attached hydrogens (tertiary/aromatic N) is 3. The number of amides is 1. The molecule has 2 aromatic carbocycles. The quantitative estimate of drug-likeness (QED) is 0.331. The summed E-state index contributed by atoms with van der Waals surface area (Å²) in [6.45, 7) is 5.80. The van der Waals surface area contributed by atoms with Gasteiger partial charge in [0, 0.05) is 17.1 Å². The van der Waals surface area contributed by atoms with Gasteiger partial charge in [-0.2, -0.15) is 4.98 Å². The number of aromatic nitrogens is 3. The van der Waals surface area contributed by atoms with Crippen molar-refractivity contribution in [2.45, 2.75) is 37.7 Å². The number of hydrogen-bond acceptors (Lipinski definition) is 6. The monoisotopic (exact) mass is 489 g/mol. The van der Waals surface area contributed by atoms with E-state index in [9.17, 15) is 9.18 Å². The Morgan fingerprint density at radius 2 is 2.00 bits per heavy atom. The Morgan fingerprint density at radius 3 is 2.74 bits per heavy atom. The van der Waals surface area contributed by atoms with Gasteiger partial charge in [0.1, 0.15) is 17.6 Å². The third-order valence-electron chi connectivity index (χ3n) is 5.84. The maximum Gasteiger partial charge on any atom is 0.256 e. The molecule has 1 atom stereocenters. The van der Waals surface area contributed by atoms with Crippen LogP contribution in [0.25, 0.3) is 0 Å². The summed E-state index contributed by atoms with van der Waals surface area (Å²) in [5.41, 5.74) is 4.54. The highest BCUT2D eigenvalue weighted by molar-refractivity contribution is 7.98. The van der Waals surface area contributed by atoms with Crippen molar-refractivity contribution in [1.29, 1.82) is 0 Å². The Morgan fingerprint density at radius 1 is 1.17 bits per heavy atom. The molecule has 1 unspecified atom stereocenters. The van der Waals surface area contributed by atoms with E-state index in [1.165, 1.54) is 17.8 Å². The van der Waals surface area contributed by atoms with Crippen molar-refractivity contribution in [3.8, 4) is 0 Å². The molecule has 0 spiro atoms. The van der Waals surface area contributed by atoms with Crippen LogP contribution in [0.15, 0.2) is 81.7 Å². The van der Waals surface area contributed by atoms with E-state index in [1.807, 2.05) is 45.0 Å². The van der Waals surface area contributed by atoms with Crippen LogP contribution in [0.5, 0.6) is 0 Å². The Balaban J connectivity index is 1.46. The second-order valence-electron chi connectivity index (χ2n) is 8.40. The minimum absolute atomic E-state index is 0.259. The van der Waals surface area contributed by atoms with Crippen LogP contribution in [0, 0.1) is 19.7 Å². The van der Waals surface area contributed by atoms with Crippen LogP contribution in [0.4, 0.5) is 16.0 Å². The maximum atomic E-state index is 14.1. The Labute approximate surface area is 206 Å². The van der Waals surface area contributed by atoms with Crippen LogP contribution in [0.2, 0.25) is 0 Å². The number of nitrogens with one attached hydrogen (secondary N) is 2. The number of furan rings is 1. The zero-order valence-electron chi connectivity index (χ0n) is 19.5. The Bertz CT molecular complexity index is 1430. The van der Waals surface area contributed by atoms with Gasteiger partial charge in [0.05, 0.1) is 11.8 Å². The van der Waals surface area contributed by atoms with Crippen molar-refractivity contribution < 1.29 is 13.6 Å². The average Bonchev–Trinajstić information content (AvgIpc) is 3.49. The average molecular weight is 490 g/mol. The molecule has 1 aliphatic heterocycles. The van der Waals surface area contributed by atoms with Crippen LogP contribution >= 0.6 is 11.8 Å². The van der Waals surface area contributed by atoms with Gasteiger partial charge in [-0.3, -0.25) is 4.79 Å². The van der Waals surface area contributed by atoms with Gasteiger partial charge in [0.25, 0.3) is 5.91 Å². The van der Waals surface area contributed by atoms with E-state index in [1.54, 1.807) is 35.2 Å². The van der Waals surface area contributed by atoms with Crippen molar-refractivity contribution in [2.75, 3.05) is 10.6 Å². The normalized spacial score (nSPS) is 15.0. The molecule has 0 aliphatic carbocycles. The SMILES string of the molecule is CC1=C(C(=O)Nc2ccc(C)cc2C)C(c2ccco2)n2nc(SCc3ccccc3F)nc2N1.